The van der Waals surface area contributed by atoms with Crippen molar-refractivity contribution in [1.82, 2.24) is 14.7 Å². The fourth-order valence-corrected chi connectivity index (χ4v) is 1.94. The summed E-state index contributed by atoms with van der Waals surface area (Å²) >= 11 is 0. The third-order valence-electron chi connectivity index (χ3n) is 2.69. The smallest absolute Gasteiger partial charge is 0.171 e. The lowest BCUT2D eigenvalue weighted by Crippen LogP contribution is -2.38. The van der Waals surface area contributed by atoms with Gasteiger partial charge < -0.3 is 10.6 Å². The summed E-state index contributed by atoms with van der Waals surface area (Å²) in [6.45, 7) is 1.62. The number of aryl methyl sites for hydroxylation is 1. The molecule has 0 spiro atoms. The van der Waals surface area contributed by atoms with E-state index in [2.05, 4.69) is 20.0 Å². The van der Waals surface area contributed by atoms with E-state index >= 15 is 0 Å². The van der Waals surface area contributed by atoms with Gasteiger partial charge in [-0.15, -0.1) is 0 Å². The van der Waals surface area contributed by atoms with Crippen LogP contribution in [0, 0.1) is 0 Å². The van der Waals surface area contributed by atoms with E-state index in [0.29, 0.717) is 5.84 Å². The average Bonchev–Trinajstić information content (AvgIpc) is 2.87. The molecule has 1 aromatic heterocycles. The first-order chi connectivity index (χ1) is 7.75. The van der Waals surface area contributed by atoms with E-state index in [-0.39, 0.29) is 0 Å². The molecular weight excluding hydrogens is 204 g/mol. The van der Waals surface area contributed by atoms with Gasteiger partial charge >= 0.3 is 0 Å². The molecule has 0 unspecified atom stereocenters. The molecule has 0 amide bonds. The Kier molecular flexibility index (Phi) is 1.82. The maximum Gasteiger partial charge on any atom is 0.171 e. The van der Waals surface area contributed by atoms with Crippen LogP contribution in [0.2, 0.25) is 0 Å². The molecule has 2 N–H and O–H groups in total. The zero-order valence-corrected chi connectivity index (χ0v) is 8.96. The number of nitrogens with two attached hydrogens (primary N) is 1. The maximum atomic E-state index is 5.78. The van der Waals surface area contributed by atoms with Crippen LogP contribution >= 0.6 is 0 Å². The zero-order valence-electron chi connectivity index (χ0n) is 8.96. The summed E-state index contributed by atoms with van der Waals surface area (Å²) in [5.41, 5.74) is 7.83. The highest BCUT2D eigenvalue weighted by Crippen LogP contribution is 2.24. The molecule has 1 aromatic rings. The predicted molar refractivity (Wildman–Crippen MR) is 61.8 cm³/mol. The van der Waals surface area contributed by atoms with Crippen LogP contribution in [0.3, 0.4) is 0 Å². The van der Waals surface area contributed by atoms with Gasteiger partial charge in [-0.2, -0.15) is 5.10 Å². The van der Waals surface area contributed by atoms with Gasteiger partial charge in [0.25, 0.3) is 0 Å². The van der Waals surface area contributed by atoms with Crippen molar-refractivity contribution < 1.29 is 0 Å². The number of hydrogen-bond donors (Lipinski definition) is 1. The van der Waals surface area contributed by atoms with Gasteiger partial charge in [-0.25, -0.2) is 4.99 Å². The van der Waals surface area contributed by atoms with Gasteiger partial charge in [-0.3, -0.25) is 9.67 Å². The van der Waals surface area contributed by atoms with Gasteiger partial charge in [-0.05, 0) is 0 Å². The van der Waals surface area contributed by atoms with Crippen LogP contribution in [0.1, 0.15) is 5.56 Å². The van der Waals surface area contributed by atoms with Crippen LogP contribution in [0.5, 0.6) is 0 Å². The Labute approximate surface area is 92.8 Å². The van der Waals surface area contributed by atoms with Gasteiger partial charge in [0.15, 0.2) is 11.7 Å². The number of aromatic nitrogens is 2. The minimum Gasteiger partial charge on any atom is -0.381 e. The maximum absolute atomic E-state index is 5.78. The number of fused-ring (bicyclic) bond motifs is 1. The number of amidine groups is 2. The number of nitrogens with zero attached hydrogens (tertiary/aromatic N) is 5. The summed E-state index contributed by atoms with van der Waals surface area (Å²) < 4.78 is 1.77. The molecular formula is C10H12N6. The van der Waals surface area contributed by atoms with Crippen molar-refractivity contribution in [1.29, 1.82) is 0 Å². The summed E-state index contributed by atoms with van der Waals surface area (Å²) in [7, 11) is 1.89. The number of aliphatic imine (C=N–C) groups is 2. The van der Waals surface area contributed by atoms with Crippen molar-refractivity contribution in [2.24, 2.45) is 22.8 Å². The lowest BCUT2D eigenvalue weighted by molar-refractivity contribution is 0.637. The van der Waals surface area contributed by atoms with Gasteiger partial charge in [0, 0.05) is 25.4 Å². The largest absolute Gasteiger partial charge is 0.381 e. The Morgan fingerprint density at radius 2 is 2.31 bits per heavy atom. The Bertz CT molecular complexity index is 521. The molecule has 16 heavy (non-hydrogen) atoms. The topological polar surface area (TPSA) is 71.8 Å². The molecule has 2 aliphatic rings. The number of rotatable bonds is 1. The van der Waals surface area contributed by atoms with Crippen LogP contribution < -0.4 is 5.73 Å². The van der Waals surface area contributed by atoms with E-state index in [9.17, 15) is 0 Å². The third-order valence-corrected chi connectivity index (χ3v) is 2.69. The van der Waals surface area contributed by atoms with Crippen molar-refractivity contribution in [2.75, 3.05) is 13.1 Å². The van der Waals surface area contributed by atoms with Crippen LogP contribution in [0.15, 0.2) is 28.6 Å². The Morgan fingerprint density at radius 1 is 1.44 bits per heavy atom. The molecule has 0 atom stereocenters. The van der Waals surface area contributed by atoms with Gasteiger partial charge in [-0.1, -0.05) is 0 Å². The molecule has 0 saturated carbocycles. The van der Waals surface area contributed by atoms with Crippen molar-refractivity contribution in [3.05, 3.63) is 24.2 Å². The van der Waals surface area contributed by atoms with Crippen molar-refractivity contribution in [3.63, 3.8) is 0 Å². The normalized spacial score (nSPS) is 19.1. The Hall–Kier alpha value is -2.11. The highest BCUT2D eigenvalue weighted by Gasteiger charge is 2.27. The van der Waals surface area contributed by atoms with Crippen LogP contribution in [0.25, 0.3) is 5.70 Å². The van der Waals surface area contributed by atoms with Crippen molar-refractivity contribution in [3.8, 4) is 0 Å². The fraction of sp³-hybridized carbons (Fsp3) is 0.300. The SMILES string of the molecule is Cn1cc(C2=CN=C(N)C3=NCCN23)cn1. The first-order valence-electron chi connectivity index (χ1n) is 5.10. The standard InChI is InChI=1S/C10H12N6/c1-15-6-7(4-14-15)8-5-13-9(11)10-12-2-3-16(8)10/h4-6H,2-3H2,1H3,(H2,11,13). The molecule has 2 aliphatic heterocycles. The van der Waals surface area contributed by atoms with Gasteiger partial charge in [0.1, 0.15) is 0 Å². The molecule has 0 aromatic carbocycles. The monoisotopic (exact) mass is 216 g/mol. The first kappa shape index (κ1) is 9.14. The van der Waals surface area contributed by atoms with E-state index < -0.39 is 0 Å². The van der Waals surface area contributed by atoms with E-state index in [1.165, 1.54) is 0 Å². The van der Waals surface area contributed by atoms with E-state index in [4.69, 9.17) is 5.73 Å². The lowest BCUT2D eigenvalue weighted by atomic mass is 10.2. The van der Waals surface area contributed by atoms with E-state index in [1.807, 2.05) is 19.4 Å². The molecule has 3 heterocycles. The number of hydrogen-bond acceptors (Lipinski definition) is 5. The first-order valence-corrected chi connectivity index (χ1v) is 5.10. The van der Waals surface area contributed by atoms with Crippen LogP contribution in [-0.2, 0) is 7.05 Å². The second kappa shape index (κ2) is 3.19. The molecule has 0 radical (unpaired) electrons. The van der Waals surface area contributed by atoms with Crippen molar-refractivity contribution in [2.45, 2.75) is 0 Å². The van der Waals surface area contributed by atoms with Gasteiger partial charge in [0.2, 0.25) is 0 Å². The van der Waals surface area contributed by atoms with Gasteiger partial charge in [0.05, 0.1) is 24.6 Å². The fourth-order valence-electron chi connectivity index (χ4n) is 1.94. The van der Waals surface area contributed by atoms with E-state index in [1.54, 1.807) is 10.9 Å². The molecule has 0 fully saturated rings. The summed E-state index contributed by atoms with van der Waals surface area (Å²) in [5.74, 6) is 1.27. The van der Waals surface area contributed by atoms with Crippen LogP contribution in [0.4, 0.5) is 0 Å². The highest BCUT2D eigenvalue weighted by molar-refractivity contribution is 6.42. The molecule has 3 rings (SSSR count). The summed E-state index contributed by atoms with van der Waals surface area (Å²) in [6, 6.07) is 0. The summed E-state index contributed by atoms with van der Waals surface area (Å²) in [4.78, 5) is 10.6. The minimum absolute atomic E-state index is 0.491. The molecule has 0 saturated heterocycles. The highest BCUT2D eigenvalue weighted by atomic mass is 15.3. The third kappa shape index (κ3) is 1.23. The molecule has 82 valence electrons. The van der Waals surface area contributed by atoms with E-state index in [0.717, 1.165) is 30.2 Å². The lowest BCUT2D eigenvalue weighted by Gasteiger charge is -2.24. The van der Waals surface area contributed by atoms with Crippen molar-refractivity contribution >= 4 is 17.4 Å². The predicted octanol–water partition coefficient (Wildman–Crippen LogP) is -0.197. The Balaban J connectivity index is 2.05. The van der Waals surface area contributed by atoms with Crippen LogP contribution in [-0.4, -0.2) is 39.4 Å². The minimum atomic E-state index is 0.491. The zero-order chi connectivity index (χ0) is 11.1. The summed E-state index contributed by atoms with van der Waals surface area (Å²) in [5, 5.41) is 4.15. The molecule has 6 nitrogen and oxygen atoms in total. The molecule has 0 bridgehead atoms. The quantitative estimate of drug-likeness (QED) is 0.706. The summed E-state index contributed by atoms with van der Waals surface area (Å²) in [6.07, 6.45) is 5.55. The second-order valence-corrected chi connectivity index (χ2v) is 3.79. The average molecular weight is 216 g/mol. The Morgan fingerprint density at radius 3 is 3.06 bits per heavy atom. The molecule has 6 heteroatoms. The molecule has 0 aliphatic carbocycles. The second-order valence-electron chi connectivity index (χ2n) is 3.79.